The number of nitrogens with zero attached hydrogens (tertiary/aromatic N) is 3. The van der Waals surface area contributed by atoms with Gasteiger partial charge in [-0.2, -0.15) is 0 Å². The summed E-state index contributed by atoms with van der Waals surface area (Å²) in [5, 5.41) is 4.30. The van der Waals surface area contributed by atoms with Crippen molar-refractivity contribution in [3.05, 3.63) is 16.8 Å². The number of rotatable bonds is 3. The van der Waals surface area contributed by atoms with Crippen LogP contribution < -0.4 is 5.32 Å². The van der Waals surface area contributed by atoms with E-state index in [1.807, 2.05) is 0 Å². The van der Waals surface area contributed by atoms with Gasteiger partial charge in [-0.15, -0.1) is 11.3 Å². The van der Waals surface area contributed by atoms with Gasteiger partial charge in [0.1, 0.15) is 17.0 Å². The van der Waals surface area contributed by atoms with E-state index in [9.17, 15) is 4.79 Å². The van der Waals surface area contributed by atoms with Crippen LogP contribution in [-0.4, -0.2) is 41.4 Å². The minimum Gasteiger partial charge on any atom is -0.360 e. The summed E-state index contributed by atoms with van der Waals surface area (Å²) in [4.78, 5) is 24.5. The summed E-state index contributed by atoms with van der Waals surface area (Å²) in [6.07, 6.45) is 5.01. The number of amides is 1. The first-order valence-electron chi connectivity index (χ1n) is 7.25. The van der Waals surface area contributed by atoms with Crippen LogP contribution in [0.25, 0.3) is 10.2 Å². The molecular weight excluding hydrogens is 284 g/mol. The number of hydrogen-bond donors (Lipinski definition) is 1. The molecule has 0 unspecified atom stereocenters. The summed E-state index contributed by atoms with van der Waals surface area (Å²) in [6.45, 7) is 2.56. The van der Waals surface area contributed by atoms with Gasteiger partial charge in [-0.1, -0.05) is 6.92 Å². The number of fused-ring (bicyclic) bond motifs is 3. The Morgan fingerprint density at radius 1 is 1.48 bits per heavy atom. The number of likely N-dealkylation sites (N-methyl/N-ethyl adjacent to an activating group) is 1. The van der Waals surface area contributed by atoms with Gasteiger partial charge in [0, 0.05) is 19.0 Å². The lowest BCUT2D eigenvalue weighted by atomic mass is 9.89. The molecule has 1 aliphatic rings. The molecule has 2 heterocycles. The Morgan fingerprint density at radius 2 is 2.29 bits per heavy atom. The van der Waals surface area contributed by atoms with Crippen molar-refractivity contribution in [3.8, 4) is 0 Å². The average Bonchev–Trinajstić information content (AvgIpc) is 2.82. The predicted molar refractivity (Wildman–Crippen MR) is 85.8 cm³/mol. The standard InChI is InChI=1S/C15H20N4OS/c1-9-4-5-10-11(6-9)21-15-13(10)14(17-8-18-15)16-7-12(20)19(2)3/h8-9H,4-7H2,1-3H3,(H,16,17,18)/t9-/m0/s1. The second-order valence-electron chi connectivity index (χ2n) is 5.90. The van der Waals surface area contributed by atoms with Crippen LogP contribution in [0.3, 0.4) is 0 Å². The molecule has 6 heteroatoms. The zero-order valence-corrected chi connectivity index (χ0v) is 13.5. The monoisotopic (exact) mass is 304 g/mol. The third kappa shape index (κ3) is 2.72. The molecule has 0 aromatic carbocycles. The number of aromatic nitrogens is 2. The Bertz CT molecular complexity index is 680. The number of nitrogens with one attached hydrogen (secondary N) is 1. The van der Waals surface area contributed by atoms with Crippen LogP contribution in [0.2, 0.25) is 0 Å². The van der Waals surface area contributed by atoms with E-state index in [-0.39, 0.29) is 12.5 Å². The molecule has 0 saturated heterocycles. The maximum Gasteiger partial charge on any atom is 0.241 e. The second-order valence-corrected chi connectivity index (χ2v) is 6.98. The fourth-order valence-corrected chi connectivity index (χ4v) is 4.08. The van der Waals surface area contributed by atoms with Gasteiger partial charge in [0.05, 0.1) is 11.9 Å². The minimum atomic E-state index is 0.0412. The lowest BCUT2D eigenvalue weighted by Gasteiger charge is -2.18. The molecular formula is C15H20N4OS. The maximum absolute atomic E-state index is 11.7. The number of thiophene rings is 1. The van der Waals surface area contributed by atoms with Crippen LogP contribution in [0.15, 0.2) is 6.33 Å². The Balaban J connectivity index is 1.94. The molecule has 1 N–H and O–H groups in total. The first-order valence-corrected chi connectivity index (χ1v) is 8.07. The Hall–Kier alpha value is -1.69. The van der Waals surface area contributed by atoms with Gasteiger partial charge in [-0.3, -0.25) is 4.79 Å². The van der Waals surface area contributed by atoms with Gasteiger partial charge >= 0.3 is 0 Å². The van der Waals surface area contributed by atoms with Gasteiger partial charge in [0.2, 0.25) is 5.91 Å². The summed E-state index contributed by atoms with van der Waals surface area (Å²) >= 11 is 1.77. The second kappa shape index (κ2) is 5.60. The molecule has 1 amide bonds. The molecule has 21 heavy (non-hydrogen) atoms. The largest absolute Gasteiger partial charge is 0.360 e. The fourth-order valence-electron chi connectivity index (χ4n) is 2.73. The van der Waals surface area contributed by atoms with Crippen LogP contribution in [-0.2, 0) is 17.6 Å². The van der Waals surface area contributed by atoms with Crippen molar-refractivity contribution in [1.29, 1.82) is 0 Å². The number of carbonyl (C=O) groups is 1. The summed E-state index contributed by atoms with van der Waals surface area (Å²) in [5.74, 6) is 1.58. The van der Waals surface area contributed by atoms with E-state index in [1.165, 1.54) is 16.9 Å². The van der Waals surface area contributed by atoms with E-state index in [2.05, 4.69) is 22.2 Å². The van der Waals surface area contributed by atoms with Crippen LogP contribution in [0.1, 0.15) is 23.8 Å². The molecule has 3 rings (SSSR count). The highest BCUT2D eigenvalue weighted by Crippen LogP contribution is 2.39. The third-order valence-corrected chi connectivity index (χ3v) is 5.16. The number of carbonyl (C=O) groups excluding carboxylic acids is 1. The van der Waals surface area contributed by atoms with Crippen molar-refractivity contribution in [2.45, 2.75) is 26.2 Å². The Kier molecular flexibility index (Phi) is 3.80. The lowest BCUT2D eigenvalue weighted by Crippen LogP contribution is -2.28. The maximum atomic E-state index is 11.7. The molecule has 0 radical (unpaired) electrons. The fraction of sp³-hybridized carbons (Fsp3) is 0.533. The van der Waals surface area contributed by atoms with Gasteiger partial charge in [-0.05, 0) is 30.7 Å². The molecule has 2 aromatic rings. The van der Waals surface area contributed by atoms with E-state index in [0.717, 1.165) is 34.8 Å². The molecule has 112 valence electrons. The topological polar surface area (TPSA) is 58.1 Å². The van der Waals surface area contributed by atoms with E-state index >= 15 is 0 Å². The molecule has 0 fully saturated rings. The molecule has 0 aliphatic heterocycles. The Morgan fingerprint density at radius 3 is 3.05 bits per heavy atom. The summed E-state index contributed by atoms with van der Waals surface area (Å²) in [7, 11) is 3.51. The van der Waals surface area contributed by atoms with Gasteiger partial charge in [0.25, 0.3) is 0 Å². The van der Waals surface area contributed by atoms with Crippen molar-refractivity contribution in [1.82, 2.24) is 14.9 Å². The first kappa shape index (κ1) is 14.3. The molecule has 0 saturated carbocycles. The highest BCUT2D eigenvalue weighted by Gasteiger charge is 2.23. The van der Waals surface area contributed by atoms with E-state index in [0.29, 0.717) is 0 Å². The van der Waals surface area contributed by atoms with Crippen molar-refractivity contribution < 1.29 is 4.79 Å². The van der Waals surface area contributed by atoms with Crippen molar-refractivity contribution in [2.24, 2.45) is 5.92 Å². The third-order valence-electron chi connectivity index (χ3n) is 4.00. The van der Waals surface area contributed by atoms with Gasteiger partial charge in [0.15, 0.2) is 0 Å². The van der Waals surface area contributed by atoms with E-state index < -0.39 is 0 Å². The SMILES string of the molecule is C[C@H]1CCc2c(sc3ncnc(NCC(=O)N(C)C)c23)C1. The number of aryl methyl sites for hydroxylation is 1. The lowest BCUT2D eigenvalue weighted by molar-refractivity contribution is -0.126. The molecule has 0 spiro atoms. The highest BCUT2D eigenvalue weighted by molar-refractivity contribution is 7.19. The average molecular weight is 304 g/mol. The summed E-state index contributed by atoms with van der Waals surface area (Å²) < 4.78 is 0. The molecule has 1 atom stereocenters. The smallest absolute Gasteiger partial charge is 0.241 e. The van der Waals surface area contributed by atoms with Crippen LogP contribution in [0.4, 0.5) is 5.82 Å². The van der Waals surface area contributed by atoms with Crippen LogP contribution >= 0.6 is 11.3 Å². The molecule has 5 nitrogen and oxygen atoms in total. The van der Waals surface area contributed by atoms with Crippen LogP contribution in [0, 0.1) is 5.92 Å². The van der Waals surface area contributed by atoms with Crippen molar-refractivity contribution in [2.75, 3.05) is 26.0 Å². The van der Waals surface area contributed by atoms with Gasteiger partial charge < -0.3 is 10.2 Å². The zero-order valence-electron chi connectivity index (χ0n) is 12.6. The number of anilines is 1. The van der Waals surface area contributed by atoms with Crippen molar-refractivity contribution in [3.63, 3.8) is 0 Å². The van der Waals surface area contributed by atoms with Gasteiger partial charge in [-0.25, -0.2) is 9.97 Å². The molecule has 2 aromatic heterocycles. The first-order chi connectivity index (χ1) is 10.1. The zero-order chi connectivity index (χ0) is 15.0. The van der Waals surface area contributed by atoms with E-state index in [4.69, 9.17) is 0 Å². The normalized spacial score (nSPS) is 17.6. The van der Waals surface area contributed by atoms with Crippen molar-refractivity contribution >= 4 is 33.3 Å². The highest BCUT2D eigenvalue weighted by atomic mass is 32.1. The molecule has 0 bridgehead atoms. The Labute approximate surface area is 128 Å². The number of hydrogen-bond acceptors (Lipinski definition) is 5. The quantitative estimate of drug-likeness (QED) is 0.945. The minimum absolute atomic E-state index is 0.0412. The summed E-state index contributed by atoms with van der Waals surface area (Å²) in [5.41, 5.74) is 1.38. The molecule has 1 aliphatic carbocycles. The predicted octanol–water partition coefficient (Wildman–Crippen LogP) is 2.32. The van der Waals surface area contributed by atoms with Crippen LogP contribution in [0.5, 0.6) is 0 Å². The summed E-state index contributed by atoms with van der Waals surface area (Å²) in [6, 6.07) is 0. The van der Waals surface area contributed by atoms with E-state index in [1.54, 1.807) is 36.7 Å².